The molecule has 4 rings (SSSR count). The lowest BCUT2D eigenvalue weighted by molar-refractivity contribution is 0.355. The van der Waals surface area contributed by atoms with Crippen molar-refractivity contribution in [1.29, 1.82) is 0 Å². The van der Waals surface area contributed by atoms with Crippen molar-refractivity contribution in [3.8, 4) is 46.1 Å². The van der Waals surface area contributed by atoms with Crippen LogP contribution in [-0.4, -0.2) is 36.6 Å². The molecule has 2 N–H and O–H groups in total. The Bertz CT molecular complexity index is 1090. The Morgan fingerprint density at radius 2 is 1.70 bits per heavy atom. The van der Waals surface area contributed by atoms with Crippen molar-refractivity contribution < 1.29 is 19.3 Å². The maximum Gasteiger partial charge on any atom is 0.161 e. The molecule has 0 unspecified atom stereocenters. The Kier molecular flexibility index (Phi) is 4.13. The molecular formula is C21H18N2O4. The quantitative estimate of drug-likeness (QED) is 0.548. The lowest BCUT2D eigenvalue weighted by atomic mass is 10.1. The summed E-state index contributed by atoms with van der Waals surface area (Å²) in [4.78, 5) is 0. The van der Waals surface area contributed by atoms with Crippen LogP contribution in [0.1, 0.15) is 22.4 Å². The number of fused-ring (bicyclic) bond motifs is 3. The van der Waals surface area contributed by atoms with Crippen molar-refractivity contribution >= 4 is 0 Å². The maximum absolute atomic E-state index is 9.69. The minimum absolute atomic E-state index is 0.0852. The molecule has 6 heteroatoms. The van der Waals surface area contributed by atoms with E-state index in [1.807, 2.05) is 12.1 Å². The van der Waals surface area contributed by atoms with E-state index in [4.69, 9.17) is 14.2 Å². The molecule has 0 aliphatic heterocycles. The molecule has 27 heavy (non-hydrogen) atoms. The molecule has 1 aliphatic carbocycles. The fraction of sp³-hybridized carbons (Fsp3) is 0.190. The normalized spacial score (nSPS) is 11.2. The first-order chi connectivity index (χ1) is 13.1. The van der Waals surface area contributed by atoms with Gasteiger partial charge in [-0.1, -0.05) is 5.92 Å². The van der Waals surface area contributed by atoms with Crippen LogP contribution in [0.2, 0.25) is 0 Å². The fourth-order valence-corrected chi connectivity index (χ4v) is 3.24. The number of nitrogens with one attached hydrogen (secondary N) is 1. The number of ether oxygens (including phenoxy) is 3. The van der Waals surface area contributed by atoms with E-state index in [1.165, 1.54) is 7.11 Å². The van der Waals surface area contributed by atoms with Gasteiger partial charge in [0, 0.05) is 23.1 Å². The lowest BCUT2D eigenvalue weighted by Gasteiger charge is -2.10. The molecule has 136 valence electrons. The number of phenolic OH excluding ortho intramolecular Hbond substituents is 1. The van der Waals surface area contributed by atoms with Crippen molar-refractivity contribution in [2.75, 3.05) is 21.3 Å². The first-order valence-electron chi connectivity index (χ1n) is 8.36. The fourth-order valence-electron chi connectivity index (χ4n) is 3.24. The average molecular weight is 362 g/mol. The predicted molar refractivity (Wildman–Crippen MR) is 101 cm³/mol. The third kappa shape index (κ3) is 2.83. The standard InChI is InChI=1S/C21H18N2O4/c1-25-18-8-12(5-7-17(18)24)4-6-16-15-9-13-10-19(26-2)20(27-3)11-14(13)21(15)23-22-16/h5,7-8,10-11,24H,9H2,1-3H3,(H,22,23). The van der Waals surface area contributed by atoms with E-state index in [0.717, 1.165) is 34.4 Å². The summed E-state index contributed by atoms with van der Waals surface area (Å²) in [6.45, 7) is 0. The predicted octanol–water partition coefficient (Wildman–Crippen LogP) is 3.11. The van der Waals surface area contributed by atoms with E-state index in [9.17, 15) is 5.11 Å². The largest absolute Gasteiger partial charge is 0.504 e. The highest BCUT2D eigenvalue weighted by Crippen LogP contribution is 2.42. The van der Waals surface area contributed by atoms with Gasteiger partial charge in [-0.3, -0.25) is 5.10 Å². The van der Waals surface area contributed by atoms with Crippen LogP contribution in [0.3, 0.4) is 0 Å². The summed E-state index contributed by atoms with van der Waals surface area (Å²) in [6.07, 6.45) is 0.727. The number of aromatic hydroxyl groups is 1. The van der Waals surface area contributed by atoms with Crippen LogP contribution in [0.25, 0.3) is 11.3 Å². The number of methoxy groups -OCH3 is 3. The number of aromatic nitrogens is 2. The number of aromatic amines is 1. The zero-order valence-corrected chi connectivity index (χ0v) is 15.2. The van der Waals surface area contributed by atoms with Gasteiger partial charge in [0.25, 0.3) is 0 Å². The highest BCUT2D eigenvalue weighted by Gasteiger charge is 2.26. The molecule has 2 aromatic carbocycles. The first-order valence-corrected chi connectivity index (χ1v) is 8.36. The molecule has 0 amide bonds. The number of hydrogen-bond donors (Lipinski definition) is 2. The van der Waals surface area contributed by atoms with Crippen LogP contribution < -0.4 is 14.2 Å². The van der Waals surface area contributed by atoms with Gasteiger partial charge in [0.05, 0.1) is 27.0 Å². The molecule has 0 radical (unpaired) electrons. The number of phenols is 1. The van der Waals surface area contributed by atoms with Gasteiger partial charge in [-0.05, 0) is 41.8 Å². The van der Waals surface area contributed by atoms with E-state index in [-0.39, 0.29) is 5.75 Å². The maximum atomic E-state index is 9.69. The van der Waals surface area contributed by atoms with Crippen LogP contribution in [0.4, 0.5) is 0 Å². The van der Waals surface area contributed by atoms with Crippen LogP contribution in [0.15, 0.2) is 30.3 Å². The number of benzene rings is 2. The van der Waals surface area contributed by atoms with Crippen molar-refractivity contribution in [2.45, 2.75) is 6.42 Å². The summed E-state index contributed by atoms with van der Waals surface area (Å²) in [5, 5.41) is 17.1. The van der Waals surface area contributed by atoms with Crippen LogP contribution in [-0.2, 0) is 6.42 Å². The van der Waals surface area contributed by atoms with E-state index < -0.39 is 0 Å². The Hall–Kier alpha value is -3.59. The van der Waals surface area contributed by atoms with Gasteiger partial charge in [-0.2, -0.15) is 5.10 Å². The first kappa shape index (κ1) is 16.9. The lowest BCUT2D eigenvalue weighted by Crippen LogP contribution is -1.93. The molecule has 0 spiro atoms. The topological polar surface area (TPSA) is 76.6 Å². The molecule has 0 saturated heterocycles. The Morgan fingerprint density at radius 3 is 2.44 bits per heavy atom. The van der Waals surface area contributed by atoms with Gasteiger partial charge in [0.1, 0.15) is 5.69 Å². The second-order valence-corrected chi connectivity index (χ2v) is 6.10. The number of rotatable bonds is 3. The summed E-state index contributed by atoms with van der Waals surface area (Å²) in [6, 6.07) is 8.94. The molecule has 0 saturated carbocycles. The molecule has 1 heterocycles. The summed E-state index contributed by atoms with van der Waals surface area (Å²) < 4.78 is 15.9. The third-order valence-electron chi connectivity index (χ3n) is 4.62. The summed E-state index contributed by atoms with van der Waals surface area (Å²) >= 11 is 0. The van der Waals surface area contributed by atoms with Gasteiger partial charge >= 0.3 is 0 Å². The monoisotopic (exact) mass is 362 g/mol. The van der Waals surface area contributed by atoms with E-state index in [1.54, 1.807) is 32.4 Å². The summed E-state index contributed by atoms with van der Waals surface area (Å²) in [5.74, 6) is 8.05. The minimum atomic E-state index is 0.0852. The third-order valence-corrected chi connectivity index (χ3v) is 4.62. The van der Waals surface area contributed by atoms with Crippen LogP contribution in [0, 0.1) is 11.8 Å². The number of H-pyrrole nitrogens is 1. The van der Waals surface area contributed by atoms with Gasteiger partial charge in [-0.25, -0.2) is 0 Å². The van der Waals surface area contributed by atoms with Gasteiger partial charge in [0.15, 0.2) is 23.0 Å². The molecule has 3 aromatic rings. The Morgan fingerprint density at radius 1 is 0.963 bits per heavy atom. The van der Waals surface area contributed by atoms with Crippen molar-refractivity contribution in [3.05, 3.63) is 52.7 Å². The van der Waals surface area contributed by atoms with E-state index >= 15 is 0 Å². The molecular weight excluding hydrogens is 344 g/mol. The molecule has 0 bridgehead atoms. The molecule has 6 nitrogen and oxygen atoms in total. The van der Waals surface area contributed by atoms with Crippen LogP contribution in [0.5, 0.6) is 23.0 Å². The zero-order valence-electron chi connectivity index (χ0n) is 15.2. The van der Waals surface area contributed by atoms with Crippen LogP contribution >= 0.6 is 0 Å². The highest BCUT2D eigenvalue weighted by molar-refractivity contribution is 5.78. The van der Waals surface area contributed by atoms with Gasteiger partial charge < -0.3 is 19.3 Å². The molecule has 1 aliphatic rings. The summed E-state index contributed by atoms with van der Waals surface area (Å²) in [5.41, 5.74) is 5.64. The zero-order chi connectivity index (χ0) is 19.0. The molecule has 0 fully saturated rings. The Labute approximate surface area is 156 Å². The van der Waals surface area contributed by atoms with Crippen molar-refractivity contribution in [2.24, 2.45) is 0 Å². The SMILES string of the molecule is COc1cc(C#Cc2n[nH]c3c2Cc2cc(OC)c(OC)cc2-3)ccc1O. The van der Waals surface area contributed by atoms with Crippen molar-refractivity contribution in [1.82, 2.24) is 10.2 Å². The minimum Gasteiger partial charge on any atom is -0.504 e. The second-order valence-electron chi connectivity index (χ2n) is 6.10. The molecule has 0 atom stereocenters. The smallest absolute Gasteiger partial charge is 0.161 e. The van der Waals surface area contributed by atoms with E-state index in [2.05, 4.69) is 22.0 Å². The second kappa shape index (κ2) is 6.61. The van der Waals surface area contributed by atoms with Crippen molar-refractivity contribution in [3.63, 3.8) is 0 Å². The van der Waals surface area contributed by atoms with Gasteiger partial charge in [-0.15, -0.1) is 0 Å². The summed E-state index contributed by atoms with van der Waals surface area (Å²) in [7, 11) is 4.76. The Balaban J connectivity index is 1.69. The van der Waals surface area contributed by atoms with Gasteiger partial charge in [0.2, 0.25) is 0 Å². The average Bonchev–Trinajstić information content (AvgIpc) is 3.25. The highest BCUT2D eigenvalue weighted by atomic mass is 16.5. The van der Waals surface area contributed by atoms with E-state index in [0.29, 0.717) is 22.9 Å². The molecule has 1 aromatic heterocycles. The number of nitrogens with zero attached hydrogens (tertiary/aromatic N) is 1. The number of hydrogen-bond acceptors (Lipinski definition) is 5.